The molecule has 20 heavy (non-hydrogen) atoms. The lowest BCUT2D eigenvalue weighted by molar-refractivity contribution is -0.0894. The van der Waals surface area contributed by atoms with Crippen molar-refractivity contribution >= 4 is 6.09 Å². The van der Waals surface area contributed by atoms with Crippen LogP contribution in [0.2, 0.25) is 0 Å². The third-order valence-corrected chi connectivity index (χ3v) is 2.53. The highest BCUT2D eigenvalue weighted by molar-refractivity contribution is 5.69. The first kappa shape index (κ1) is 8.62. The van der Waals surface area contributed by atoms with Gasteiger partial charge in [-0.15, -0.1) is 0 Å². The quantitative estimate of drug-likeness (QED) is 0.864. The molecule has 2 rings (SSSR count). The molecule has 1 atom stereocenters. The molecule has 1 aliphatic heterocycles. The summed E-state index contributed by atoms with van der Waals surface area (Å²) in [5.41, 5.74) is -4.79. The van der Waals surface area contributed by atoms with Gasteiger partial charge >= 0.3 is 6.09 Å². The maximum Gasteiger partial charge on any atom is 0.412 e. The Hall–Kier alpha value is -1.62. The van der Waals surface area contributed by atoms with Crippen molar-refractivity contribution in [3.05, 3.63) is 35.6 Å². The third kappa shape index (κ3) is 2.93. The number of benzene rings is 1. The largest absolute Gasteiger partial charge is 0.444 e. The van der Waals surface area contributed by atoms with Crippen LogP contribution < -0.4 is 0 Å². The Morgan fingerprint density at radius 1 is 1.55 bits per heavy atom. The predicted octanol–water partition coefficient (Wildman–Crippen LogP) is 3.00. The van der Waals surface area contributed by atoms with Crippen LogP contribution in [0.5, 0.6) is 0 Å². The van der Waals surface area contributed by atoms with Crippen molar-refractivity contribution in [2.75, 3.05) is 6.50 Å². The predicted molar refractivity (Wildman–Crippen MR) is 72.5 cm³/mol. The average molecular weight is 287 g/mol. The second kappa shape index (κ2) is 5.05. The van der Waals surface area contributed by atoms with Crippen LogP contribution in [0.3, 0.4) is 0 Å². The Labute approximate surface area is 126 Å². The van der Waals surface area contributed by atoms with Gasteiger partial charge in [0.15, 0.2) is 5.72 Å². The van der Waals surface area contributed by atoms with Crippen LogP contribution in [0, 0.1) is 5.82 Å². The molecule has 1 unspecified atom stereocenters. The smallest absolute Gasteiger partial charge is 0.412 e. The van der Waals surface area contributed by atoms with Gasteiger partial charge in [0.25, 0.3) is 0 Å². The van der Waals surface area contributed by atoms with Crippen molar-refractivity contribution in [1.82, 2.24) is 4.90 Å². The highest BCUT2D eigenvalue weighted by Crippen LogP contribution is 2.37. The molecule has 0 aliphatic carbocycles. The highest BCUT2D eigenvalue weighted by atomic mass is 19.1. The van der Waals surface area contributed by atoms with Crippen LogP contribution in [0.1, 0.15) is 47.3 Å². The Balaban J connectivity index is 2.77. The molecule has 1 N–H and O–H groups in total. The van der Waals surface area contributed by atoms with E-state index >= 15 is 0 Å². The molecule has 1 amide bonds. The molecular weight excluding hydrogens is 261 g/mol. The van der Waals surface area contributed by atoms with Gasteiger partial charge in [0.2, 0.25) is 0 Å². The first-order valence-electron chi connectivity index (χ1n) is 9.02. The van der Waals surface area contributed by atoms with E-state index in [1.165, 1.54) is 20.8 Å². The molecule has 110 valence electrons. The first-order chi connectivity index (χ1) is 11.5. The fraction of sp³-hybridized carbons (Fsp3) is 0.533. The van der Waals surface area contributed by atoms with Crippen molar-refractivity contribution in [2.24, 2.45) is 0 Å². The molecule has 1 heterocycles. The molecule has 0 saturated carbocycles. The van der Waals surface area contributed by atoms with E-state index in [4.69, 9.17) is 13.0 Å². The standard InChI is InChI=1S/C15H20FNO3/c1-14(2,3)20-13(18)17-9-5-8-15(17,19)11-6-4-7-12(16)10-11/h4,6-7,10,19H,5,8-9H2,1-3H3/i5D2,8D2,9D2. The van der Waals surface area contributed by atoms with Gasteiger partial charge in [0.1, 0.15) is 11.4 Å². The number of rotatable bonds is 1. The Bertz CT molecular complexity index is 736. The first-order valence-corrected chi connectivity index (χ1v) is 6.02. The van der Waals surface area contributed by atoms with Gasteiger partial charge in [-0.05, 0) is 39.3 Å². The molecule has 0 spiro atoms. The number of carbonyl (C=O) groups is 1. The van der Waals surface area contributed by atoms with Crippen molar-refractivity contribution in [2.45, 2.75) is 44.8 Å². The van der Waals surface area contributed by atoms with Crippen molar-refractivity contribution < 1.29 is 27.3 Å². The van der Waals surface area contributed by atoms with Crippen molar-refractivity contribution in [3.63, 3.8) is 0 Å². The van der Waals surface area contributed by atoms with E-state index in [0.29, 0.717) is 6.07 Å². The Morgan fingerprint density at radius 2 is 2.25 bits per heavy atom. The maximum absolute atomic E-state index is 13.7. The number of carbonyl (C=O) groups excluding carboxylic acids is 1. The van der Waals surface area contributed by atoms with E-state index in [1.54, 1.807) is 0 Å². The second-order valence-electron chi connectivity index (χ2n) is 5.36. The Morgan fingerprint density at radius 3 is 2.85 bits per heavy atom. The number of amides is 1. The van der Waals surface area contributed by atoms with Gasteiger partial charge in [-0.3, -0.25) is 4.90 Å². The Kier molecular flexibility index (Phi) is 2.18. The summed E-state index contributed by atoms with van der Waals surface area (Å²) < 4.78 is 66.8. The molecule has 5 heteroatoms. The number of likely N-dealkylation sites (tertiary alicyclic amines) is 1. The molecule has 1 aliphatic rings. The molecule has 1 aromatic carbocycles. The number of ether oxygens (including phenoxy) is 1. The zero-order valence-corrected chi connectivity index (χ0v) is 11.4. The van der Waals surface area contributed by atoms with Gasteiger partial charge in [-0.1, -0.05) is 12.1 Å². The number of hydrogen-bond acceptors (Lipinski definition) is 3. The van der Waals surface area contributed by atoms with Crippen LogP contribution in [0.25, 0.3) is 0 Å². The molecule has 1 fully saturated rings. The monoisotopic (exact) mass is 287 g/mol. The summed E-state index contributed by atoms with van der Waals surface area (Å²) in [6, 6.07) is 3.94. The zero-order valence-electron chi connectivity index (χ0n) is 17.4. The molecule has 1 saturated heterocycles. The molecule has 4 nitrogen and oxygen atoms in total. The number of nitrogens with zero attached hydrogens (tertiary/aromatic N) is 1. The molecule has 1 aromatic rings. The molecule has 0 radical (unpaired) electrons. The van der Waals surface area contributed by atoms with Crippen LogP contribution in [-0.2, 0) is 10.5 Å². The van der Waals surface area contributed by atoms with E-state index in [1.807, 2.05) is 0 Å². The van der Waals surface area contributed by atoms with E-state index in [-0.39, 0.29) is 4.90 Å². The van der Waals surface area contributed by atoms with Crippen molar-refractivity contribution in [3.8, 4) is 0 Å². The van der Waals surface area contributed by atoms with E-state index < -0.39 is 48.0 Å². The van der Waals surface area contributed by atoms with Crippen LogP contribution in [-0.4, -0.2) is 28.2 Å². The summed E-state index contributed by atoms with van der Waals surface area (Å²) >= 11 is 0. The fourth-order valence-corrected chi connectivity index (χ4v) is 1.70. The lowest BCUT2D eigenvalue weighted by Gasteiger charge is -2.35. The highest BCUT2D eigenvalue weighted by Gasteiger charge is 2.45. The summed E-state index contributed by atoms with van der Waals surface area (Å²) in [5.74, 6) is -0.871. The minimum Gasteiger partial charge on any atom is -0.444 e. The number of halogens is 1. The lowest BCUT2D eigenvalue weighted by Crippen LogP contribution is -2.47. The third-order valence-electron chi connectivity index (χ3n) is 2.53. The molecule has 0 aromatic heterocycles. The SMILES string of the molecule is [2H]C1([2H])N(C(=O)OC(C)(C)C)C(O)(c2cccc(F)c2)C([2H])([2H])C1([2H])[2H]. The number of hydrogen-bond donors (Lipinski definition) is 1. The van der Waals surface area contributed by atoms with Gasteiger partial charge < -0.3 is 9.84 Å². The average Bonchev–Trinajstić information content (AvgIpc) is 2.51. The maximum atomic E-state index is 13.7. The van der Waals surface area contributed by atoms with Gasteiger partial charge in [-0.25, -0.2) is 9.18 Å². The normalized spacial score (nSPS) is 35.0. The summed E-state index contributed by atoms with van der Waals surface area (Å²) in [7, 11) is 0. The second-order valence-corrected chi connectivity index (χ2v) is 5.36. The van der Waals surface area contributed by atoms with E-state index in [9.17, 15) is 14.3 Å². The molecule has 0 bridgehead atoms. The summed E-state index contributed by atoms with van der Waals surface area (Å²) in [6.45, 7) is 1.13. The lowest BCUT2D eigenvalue weighted by atomic mass is 10.00. The van der Waals surface area contributed by atoms with Crippen LogP contribution in [0.15, 0.2) is 24.3 Å². The van der Waals surface area contributed by atoms with Gasteiger partial charge in [-0.2, -0.15) is 0 Å². The van der Waals surface area contributed by atoms with Crippen molar-refractivity contribution in [1.29, 1.82) is 0 Å². The van der Waals surface area contributed by atoms with E-state index in [2.05, 4.69) is 0 Å². The van der Waals surface area contributed by atoms with Crippen LogP contribution >= 0.6 is 0 Å². The number of aliphatic hydroxyl groups is 1. The van der Waals surface area contributed by atoms with E-state index in [0.717, 1.165) is 18.2 Å². The fourth-order valence-electron chi connectivity index (χ4n) is 1.70. The summed E-state index contributed by atoms with van der Waals surface area (Å²) in [4.78, 5) is 12.6. The molecular formula is C15H20FNO3. The van der Waals surface area contributed by atoms with Gasteiger partial charge in [0, 0.05) is 26.7 Å². The van der Waals surface area contributed by atoms with Gasteiger partial charge in [0.05, 0.1) is 0 Å². The summed E-state index contributed by atoms with van der Waals surface area (Å²) in [5, 5.41) is 11.1. The minimum atomic E-state index is -3.34. The zero-order chi connectivity index (χ0) is 20.3. The summed E-state index contributed by atoms with van der Waals surface area (Å²) in [6.07, 6.45) is -8.13. The van der Waals surface area contributed by atoms with Crippen LogP contribution in [0.4, 0.5) is 9.18 Å². The topological polar surface area (TPSA) is 49.8 Å². The minimum absolute atomic E-state index is 0.0278.